The van der Waals surface area contributed by atoms with Crippen molar-refractivity contribution in [2.24, 2.45) is 0 Å². The summed E-state index contributed by atoms with van der Waals surface area (Å²) in [6.45, 7) is 0. The van der Waals surface area contributed by atoms with Gasteiger partial charge >= 0.3 is 6.18 Å². The standard InChI is InChI=1S/C6H5F3S/c7-6(8,9)3-5-1-2-10-4-5/h1-2,4H,3H2. The summed E-state index contributed by atoms with van der Waals surface area (Å²) in [4.78, 5) is 0. The Hall–Kier alpha value is -0.510. The molecule has 0 bridgehead atoms. The maximum atomic E-state index is 11.6. The van der Waals surface area contributed by atoms with Crippen molar-refractivity contribution in [3.05, 3.63) is 22.4 Å². The van der Waals surface area contributed by atoms with Crippen molar-refractivity contribution in [2.75, 3.05) is 0 Å². The molecule has 0 fully saturated rings. The average molecular weight is 166 g/mol. The van der Waals surface area contributed by atoms with Crippen LogP contribution in [-0.4, -0.2) is 6.18 Å². The molecule has 0 nitrogen and oxygen atoms in total. The Morgan fingerprint density at radius 2 is 2.10 bits per heavy atom. The van der Waals surface area contributed by atoms with Crippen molar-refractivity contribution in [3.63, 3.8) is 0 Å². The van der Waals surface area contributed by atoms with Gasteiger partial charge in [0.25, 0.3) is 0 Å². The van der Waals surface area contributed by atoms with E-state index in [0.717, 1.165) is 0 Å². The van der Waals surface area contributed by atoms with Crippen LogP contribution in [0.25, 0.3) is 0 Å². The zero-order valence-corrected chi connectivity index (χ0v) is 5.80. The quantitative estimate of drug-likeness (QED) is 0.601. The molecular weight excluding hydrogens is 161 g/mol. The lowest BCUT2D eigenvalue weighted by atomic mass is 10.2. The molecule has 0 aromatic carbocycles. The topological polar surface area (TPSA) is 0 Å². The molecule has 0 spiro atoms. The van der Waals surface area contributed by atoms with Gasteiger partial charge < -0.3 is 0 Å². The summed E-state index contributed by atoms with van der Waals surface area (Å²) >= 11 is 1.28. The molecule has 1 heterocycles. The molecule has 0 aliphatic rings. The summed E-state index contributed by atoms with van der Waals surface area (Å²) in [5, 5.41) is 3.15. The molecule has 0 aliphatic heterocycles. The number of rotatable bonds is 1. The van der Waals surface area contributed by atoms with Crippen molar-refractivity contribution in [1.29, 1.82) is 0 Å². The third-order valence-corrected chi connectivity index (χ3v) is 1.72. The van der Waals surface area contributed by atoms with Gasteiger partial charge in [0.2, 0.25) is 0 Å². The van der Waals surface area contributed by atoms with Crippen LogP contribution in [0.15, 0.2) is 16.8 Å². The lowest BCUT2D eigenvalue weighted by Crippen LogP contribution is -2.10. The van der Waals surface area contributed by atoms with E-state index in [1.54, 1.807) is 5.38 Å². The average Bonchev–Trinajstić information content (AvgIpc) is 2.12. The first kappa shape index (κ1) is 7.60. The van der Waals surface area contributed by atoms with E-state index in [9.17, 15) is 13.2 Å². The predicted octanol–water partition coefficient (Wildman–Crippen LogP) is 2.85. The summed E-state index contributed by atoms with van der Waals surface area (Å²) in [5.41, 5.74) is 0.345. The van der Waals surface area contributed by atoms with E-state index in [2.05, 4.69) is 0 Å². The fraction of sp³-hybridized carbons (Fsp3) is 0.333. The van der Waals surface area contributed by atoms with Crippen LogP contribution in [0.1, 0.15) is 5.56 Å². The summed E-state index contributed by atoms with van der Waals surface area (Å²) in [6, 6.07) is 1.48. The van der Waals surface area contributed by atoms with Crippen LogP contribution in [0.2, 0.25) is 0 Å². The van der Waals surface area contributed by atoms with Crippen molar-refractivity contribution >= 4 is 11.3 Å². The zero-order chi connectivity index (χ0) is 7.61. The van der Waals surface area contributed by atoms with Gasteiger partial charge in [0, 0.05) is 0 Å². The molecule has 56 valence electrons. The lowest BCUT2D eigenvalue weighted by Gasteiger charge is -2.02. The van der Waals surface area contributed by atoms with E-state index in [0.29, 0.717) is 5.56 Å². The van der Waals surface area contributed by atoms with Crippen molar-refractivity contribution < 1.29 is 13.2 Å². The Balaban J connectivity index is 2.57. The van der Waals surface area contributed by atoms with Crippen molar-refractivity contribution in [1.82, 2.24) is 0 Å². The van der Waals surface area contributed by atoms with Gasteiger partial charge in [-0.25, -0.2) is 0 Å². The second-order valence-corrected chi connectivity index (χ2v) is 2.70. The minimum atomic E-state index is -4.07. The van der Waals surface area contributed by atoms with E-state index in [1.165, 1.54) is 22.8 Å². The lowest BCUT2D eigenvalue weighted by molar-refractivity contribution is -0.127. The Morgan fingerprint density at radius 1 is 1.40 bits per heavy atom. The molecule has 0 saturated carbocycles. The number of alkyl halides is 3. The third kappa shape index (κ3) is 2.39. The molecule has 0 unspecified atom stereocenters. The minimum absolute atomic E-state index is 0.345. The van der Waals surface area contributed by atoms with Crippen LogP contribution in [0.5, 0.6) is 0 Å². The molecule has 0 N–H and O–H groups in total. The normalized spacial score (nSPS) is 11.9. The highest BCUT2D eigenvalue weighted by Gasteiger charge is 2.27. The van der Waals surface area contributed by atoms with E-state index < -0.39 is 12.6 Å². The Kier molecular flexibility index (Phi) is 1.99. The maximum absolute atomic E-state index is 11.6. The van der Waals surface area contributed by atoms with Gasteiger partial charge in [0.05, 0.1) is 6.42 Å². The van der Waals surface area contributed by atoms with Crippen LogP contribution in [0.4, 0.5) is 13.2 Å². The first-order valence-corrected chi connectivity index (χ1v) is 3.60. The molecule has 0 radical (unpaired) electrons. The maximum Gasteiger partial charge on any atom is 0.393 e. The van der Waals surface area contributed by atoms with Gasteiger partial charge in [-0.15, -0.1) is 0 Å². The summed E-state index contributed by atoms with van der Waals surface area (Å²) in [5.74, 6) is 0. The van der Waals surface area contributed by atoms with Gasteiger partial charge in [-0.2, -0.15) is 24.5 Å². The zero-order valence-electron chi connectivity index (χ0n) is 4.98. The minimum Gasteiger partial charge on any atom is -0.171 e. The molecule has 10 heavy (non-hydrogen) atoms. The molecule has 0 saturated heterocycles. The molecule has 1 aromatic rings. The highest BCUT2D eigenvalue weighted by atomic mass is 32.1. The van der Waals surface area contributed by atoms with Gasteiger partial charge in [-0.1, -0.05) is 0 Å². The molecule has 0 atom stereocenters. The number of halogens is 3. The highest BCUT2D eigenvalue weighted by Crippen LogP contribution is 2.22. The fourth-order valence-corrected chi connectivity index (χ4v) is 1.29. The van der Waals surface area contributed by atoms with Crippen LogP contribution < -0.4 is 0 Å². The monoisotopic (exact) mass is 166 g/mol. The Labute approximate surface area is 60.3 Å². The van der Waals surface area contributed by atoms with Crippen LogP contribution in [0.3, 0.4) is 0 Å². The van der Waals surface area contributed by atoms with Crippen LogP contribution in [0, 0.1) is 0 Å². The van der Waals surface area contributed by atoms with Gasteiger partial charge in [-0.3, -0.25) is 0 Å². The first-order chi connectivity index (χ1) is 4.58. The van der Waals surface area contributed by atoms with Gasteiger partial charge in [0.15, 0.2) is 0 Å². The molecule has 1 aromatic heterocycles. The van der Waals surface area contributed by atoms with E-state index >= 15 is 0 Å². The van der Waals surface area contributed by atoms with Crippen molar-refractivity contribution in [3.8, 4) is 0 Å². The number of hydrogen-bond acceptors (Lipinski definition) is 1. The second-order valence-electron chi connectivity index (χ2n) is 1.92. The molecule has 1 rings (SSSR count). The first-order valence-electron chi connectivity index (χ1n) is 2.66. The van der Waals surface area contributed by atoms with Crippen LogP contribution in [-0.2, 0) is 6.42 Å². The number of thiophene rings is 1. The Morgan fingerprint density at radius 3 is 2.50 bits per heavy atom. The van der Waals surface area contributed by atoms with Gasteiger partial charge in [0.1, 0.15) is 0 Å². The fourth-order valence-electron chi connectivity index (χ4n) is 0.625. The van der Waals surface area contributed by atoms with E-state index in [1.807, 2.05) is 0 Å². The summed E-state index contributed by atoms with van der Waals surface area (Å²) < 4.78 is 34.9. The van der Waals surface area contributed by atoms with Crippen molar-refractivity contribution in [2.45, 2.75) is 12.6 Å². The largest absolute Gasteiger partial charge is 0.393 e. The third-order valence-electron chi connectivity index (χ3n) is 0.985. The number of hydrogen-bond donors (Lipinski definition) is 0. The van der Waals surface area contributed by atoms with E-state index in [-0.39, 0.29) is 0 Å². The summed E-state index contributed by atoms with van der Waals surface area (Å²) in [6.07, 6.45) is -4.88. The van der Waals surface area contributed by atoms with Gasteiger partial charge in [-0.05, 0) is 22.4 Å². The molecule has 0 aliphatic carbocycles. The summed E-state index contributed by atoms with van der Waals surface area (Å²) in [7, 11) is 0. The predicted molar refractivity (Wildman–Crippen MR) is 34.1 cm³/mol. The molecular formula is C6H5F3S. The van der Waals surface area contributed by atoms with E-state index in [4.69, 9.17) is 0 Å². The molecule has 0 amide bonds. The Bertz CT molecular complexity index is 187. The SMILES string of the molecule is FC(F)(F)Cc1ccsc1. The smallest absolute Gasteiger partial charge is 0.171 e. The molecule has 4 heteroatoms. The second kappa shape index (κ2) is 2.62. The highest BCUT2D eigenvalue weighted by molar-refractivity contribution is 7.07. The van der Waals surface area contributed by atoms with Crippen LogP contribution >= 0.6 is 11.3 Å².